The average Bonchev–Trinajstić information content (AvgIpc) is 3.15. The molecule has 2 aliphatic rings. The van der Waals surface area contributed by atoms with Crippen LogP contribution in [-0.4, -0.2) is 40.3 Å². The molecule has 0 N–H and O–H groups in total. The fourth-order valence-electron chi connectivity index (χ4n) is 4.29. The number of pyridine rings is 1. The largest absolute Gasteiger partial charge is 0.338 e. The zero-order chi connectivity index (χ0) is 17.3. The van der Waals surface area contributed by atoms with Crippen LogP contribution in [0.3, 0.4) is 0 Å². The molecule has 5 heteroatoms. The number of nitrogens with zero attached hydrogens (tertiary/aromatic N) is 3. The molecule has 0 unspecified atom stereocenters. The van der Waals surface area contributed by atoms with Crippen LogP contribution in [0.15, 0.2) is 36.7 Å². The molecule has 2 aromatic heterocycles. The van der Waals surface area contributed by atoms with Crippen molar-refractivity contribution in [3.05, 3.63) is 52.0 Å². The Labute approximate surface area is 153 Å². The van der Waals surface area contributed by atoms with Gasteiger partial charge < -0.3 is 4.90 Å². The summed E-state index contributed by atoms with van der Waals surface area (Å²) >= 11 is 1.87. The lowest BCUT2D eigenvalue weighted by Crippen LogP contribution is -2.47. The highest BCUT2D eigenvalue weighted by Gasteiger charge is 2.48. The first kappa shape index (κ1) is 16.7. The van der Waals surface area contributed by atoms with Gasteiger partial charge in [-0.15, -0.1) is 11.3 Å². The van der Waals surface area contributed by atoms with Gasteiger partial charge in [0.1, 0.15) is 0 Å². The standard InChI is InChI=1S/C20H25N3OS/c1-16-5-6-18(25-16)14-22-10-3-7-20(15-22)8-11-23(19(20)24)13-17-4-2-9-21-12-17/h2,4-6,9,12H,3,7-8,10-11,13-15H2,1H3/t20-/m1/s1. The Bertz CT molecular complexity index is 744. The number of rotatable bonds is 4. The van der Waals surface area contributed by atoms with Gasteiger partial charge in [-0.2, -0.15) is 0 Å². The molecule has 4 rings (SSSR count). The molecule has 0 saturated carbocycles. The van der Waals surface area contributed by atoms with E-state index < -0.39 is 0 Å². The molecule has 0 radical (unpaired) electrons. The first-order valence-corrected chi connectivity index (χ1v) is 9.92. The number of likely N-dealkylation sites (tertiary alicyclic amines) is 2. The van der Waals surface area contributed by atoms with Crippen molar-refractivity contribution in [3.63, 3.8) is 0 Å². The summed E-state index contributed by atoms with van der Waals surface area (Å²) in [5.74, 6) is 0.350. The predicted octanol–water partition coefficient (Wildman–Crippen LogP) is 3.47. The van der Waals surface area contributed by atoms with E-state index in [0.717, 1.165) is 51.0 Å². The van der Waals surface area contributed by atoms with Crippen LogP contribution in [0.2, 0.25) is 0 Å². The lowest BCUT2D eigenvalue weighted by Gasteiger charge is -2.39. The van der Waals surface area contributed by atoms with Crippen LogP contribution < -0.4 is 0 Å². The van der Waals surface area contributed by atoms with Crippen molar-refractivity contribution in [3.8, 4) is 0 Å². The van der Waals surface area contributed by atoms with Crippen molar-refractivity contribution >= 4 is 17.2 Å². The minimum absolute atomic E-state index is 0.160. The Hall–Kier alpha value is -1.72. The van der Waals surface area contributed by atoms with Gasteiger partial charge in [0, 0.05) is 48.3 Å². The highest BCUT2D eigenvalue weighted by atomic mass is 32.1. The molecule has 1 atom stereocenters. The number of thiophene rings is 1. The normalized spacial score (nSPS) is 24.4. The molecule has 4 heterocycles. The molecule has 25 heavy (non-hydrogen) atoms. The Morgan fingerprint density at radius 3 is 2.88 bits per heavy atom. The molecule has 0 bridgehead atoms. The topological polar surface area (TPSA) is 36.4 Å². The van der Waals surface area contributed by atoms with E-state index in [1.807, 2.05) is 28.5 Å². The third-order valence-corrected chi connectivity index (χ3v) is 6.51. The molecule has 2 fully saturated rings. The number of carbonyl (C=O) groups is 1. The molecule has 1 spiro atoms. The highest BCUT2D eigenvalue weighted by Crippen LogP contribution is 2.41. The second-order valence-corrected chi connectivity index (χ2v) is 8.82. The van der Waals surface area contributed by atoms with Crippen molar-refractivity contribution in [2.24, 2.45) is 5.41 Å². The summed E-state index contributed by atoms with van der Waals surface area (Å²) in [6, 6.07) is 8.41. The van der Waals surface area contributed by atoms with Gasteiger partial charge in [-0.25, -0.2) is 0 Å². The fraction of sp³-hybridized carbons (Fsp3) is 0.500. The molecule has 2 aliphatic heterocycles. The Morgan fingerprint density at radius 1 is 1.20 bits per heavy atom. The van der Waals surface area contributed by atoms with Crippen LogP contribution >= 0.6 is 11.3 Å². The summed E-state index contributed by atoms with van der Waals surface area (Å²) in [6.07, 6.45) is 6.80. The maximum atomic E-state index is 13.2. The SMILES string of the molecule is Cc1ccc(CN2CCC[C@@]3(CCN(Cc4cccnc4)C3=O)C2)s1. The number of piperidine rings is 1. The van der Waals surface area contributed by atoms with E-state index in [9.17, 15) is 4.79 Å². The molecule has 4 nitrogen and oxygen atoms in total. The maximum Gasteiger partial charge on any atom is 0.230 e. The summed E-state index contributed by atoms with van der Waals surface area (Å²) in [7, 11) is 0. The summed E-state index contributed by atoms with van der Waals surface area (Å²) in [5, 5.41) is 0. The molecular formula is C20H25N3OS. The van der Waals surface area contributed by atoms with Crippen molar-refractivity contribution < 1.29 is 4.79 Å². The Kier molecular flexibility index (Phi) is 4.61. The summed E-state index contributed by atoms with van der Waals surface area (Å²) in [6.45, 7) is 6.72. The third kappa shape index (κ3) is 3.48. The Morgan fingerprint density at radius 2 is 2.12 bits per heavy atom. The zero-order valence-corrected chi connectivity index (χ0v) is 15.6. The van der Waals surface area contributed by atoms with Crippen LogP contribution in [0, 0.1) is 12.3 Å². The molecule has 1 amide bonds. The van der Waals surface area contributed by atoms with E-state index >= 15 is 0 Å². The number of hydrogen-bond donors (Lipinski definition) is 0. The van der Waals surface area contributed by atoms with Gasteiger partial charge in [0.05, 0.1) is 5.41 Å². The monoisotopic (exact) mass is 355 g/mol. The van der Waals surface area contributed by atoms with Gasteiger partial charge in [-0.05, 0) is 56.5 Å². The minimum Gasteiger partial charge on any atom is -0.338 e. The van der Waals surface area contributed by atoms with Gasteiger partial charge in [-0.1, -0.05) is 6.07 Å². The van der Waals surface area contributed by atoms with Crippen molar-refractivity contribution in [2.75, 3.05) is 19.6 Å². The van der Waals surface area contributed by atoms with Gasteiger partial charge in [0.25, 0.3) is 0 Å². The van der Waals surface area contributed by atoms with Crippen LogP contribution in [0.5, 0.6) is 0 Å². The molecular weight excluding hydrogens is 330 g/mol. The number of amides is 1. The predicted molar refractivity (Wildman–Crippen MR) is 100 cm³/mol. The summed E-state index contributed by atoms with van der Waals surface area (Å²) < 4.78 is 0. The maximum absolute atomic E-state index is 13.2. The zero-order valence-electron chi connectivity index (χ0n) is 14.8. The van der Waals surface area contributed by atoms with E-state index in [-0.39, 0.29) is 5.41 Å². The van der Waals surface area contributed by atoms with Gasteiger partial charge in [0.15, 0.2) is 0 Å². The van der Waals surface area contributed by atoms with E-state index in [4.69, 9.17) is 0 Å². The van der Waals surface area contributed by atoms with E-state index in [1.165, 1.54) is 9.75 Å². The van der Waals surface area contributed by atoms with Crippen molar-refractivity contribution in [1.29, 1.82) is 0 Å². The third-order valence-electron chi connectivity index (χ3n) is 5.53. The van der Waals surface area contributed by atoms with E-state index in [1.54, 1.807) is 6.20 Å². The average molecular weight is 356 g/mol. The Balaban J connectivity index is 1.43. The van der Waals surface area contributed by atoms with Crippen LogP contribution in [0.25, 0.3) is 0 Å². The minimum atomic E-state index is -0.160. The van der Waals surface area contributed by atoms with Crippen LogP contribution in [-0.2, 0) is 17.9 Å². The number of hydrogen-bond acceptors (Lipinski definition) is 4. The second kappa shape index (κ2) is 6.89. The molecule has 0 aliphatic carbocycles. The summed E-state index contributed by atoms with van der Waals surface area (Å²) in [4.78, 5) is 24.6. The quantitative estimate of drug-likeness (QED) is 0.843. The van der Waals surface area contributed by atoms with Crippen LogP contribution in [0.4, 0.5) is 0 Å². The van der Waals surface area contributed by atoms with Crippen molar-refractivity contribution in [1.82, 2.24) is 14.8 Å². The number of carbonyl (C=O) groups excluding carboxylic acids is 1. The number of aromatic nitrogens is 1. The molecule has 2 aromatic rings. The van der Waals surface area contributed by atoms with E-state index in [2.05, 4.69) is 35.0 Å². The molecule has 2 saturated heterocycles. The van der Waals surface area contributed by atoms with Gasteiger partial charge >= 0.3 is 0 Å². The first-order chi connectivity index (χ1) is 12.1. The summed E-state index contributed by atoms with van der Waals surface area (Å²) in [5.41, 5.74) is 0.960. The first-order valence-electron chi connectivity index (χ1n) is 9.11. The highest BCUT2D eigenvalue weighted by molar-refractivity contribution is 7.11. The lowest BCUT2D eigenvalue weighted by atomic mass is 9.78. The fourth-order valence-corrected chi connectivity index (χ4v) is 5.22. The smallest absolute Gasteiger partial charge is 0.230 e. The van der Waals surface area contributed by atoms with E-state index in [0.29, 0.717) is 12.5 Å². The second-order valence-electron chi connectivity index (χ2n) is 7.44. The van der Waals surface area contributed by atoms with Crippen molar-refractivity contribution in [2.45, 2.75) is 39.3 Å². The lowest BCUT2D eigenvalue weighted by molar-refractivity contribution is -0.139. The molecule has 132 valence electrons. The van der Waals surface area contributed by atoms with Crippen LogP contribution in [0.1, 0.15) is 34.6 Å². The van der Waals surface area contributed by atoms with Gasteiger partial charge in [0.2, 0.25) is 5.91 Å². The number of aryl methyl sites for hydroxylation is 1. The molecule has 0 aromatic carbocycles. The van der Waals surface area contributed by atoms with Gasteiger partial charge in [-0.3, -0.25) is 14.7 Å².